The Hall–Kier alpha value is -4.18. The van der Waals surface area contributed by atoms with Gasteiger partial charge in [0.05, 0.1) is 26.7 Å². The fraction of sp³-hybridized carbons (Fsp3) is 0.133. The molecule has 4 aromatic rings. The molecule has 2 aliphatic rings. The second-order valence-corrected chi connectivity index (χ2v) is 8.65. The van der Waals surface area contributed by atoms with Crippen molar-refractivity contribution in [1.82, 2.24) is 0 Å². The molecule has 2 heterocycles. The Morgan fingerprint density at radius 3 is 1.29 bits per heavy atom. The molecule has 0 bridgehead atoms. The van der Waals surface area contributed by atoms with E-state index >= 15 is 0 Å². The molecule has 0 amide bonds. The van der Waals surface area contributed by atoms with Crippen LogP contribution in [-0.2, 0) is 0 Å². The Morgan fingerprint density at radius 1 is 0.559 bits per heavy atom. The van der Waals surface area contributed by atoms with Gasteiger partial charge in [0.2, 0.25) is 0 Å². The molecule has 0 radical (unpaired) electrons. The maximum absolute atomic E-state index is 6.25. The Morgan fingerprint density at radius 2 is 0.941 bits per heavy atom. The van der Waals surface area contributed by atoms with Crippen LogP contribution in [0.1, 0.15) is 33.4 Å². The Bertz CT molecular complexity index is 1390. The predicted molar refractivity (Wildman–Crippen MR) is 135 cm³/mol. The first-order valence-corrected chi connectivity index (χ1v) is 11.2. The SMILES string of the molecule is COc1ccc(C2=COc3c(C)cc4c5c(c(C)cc2c35)OC=C4c2ccc(OC)cc2)cc1. The highest BCUT2D eigenvalue weighted by Crippen LogP contribution is 2.51. The van der Waals surface area contributed by atoms with Gasteiger partial charge in [-0.05, 0) is 83.6 Å². The zero-order chi connectivity index (χ0) is 23.4. The van der Waals surface area contributed by atoms with E-state index in [0.717, 1.165) is 78.3 Å². The Balaban J connectivity index is 1.59. The first kappa shape index (κ1) is 20.4. The molecule has 0 fully saturated rings. The minimum absolute atomic E-state index is 0.827. The summed E-state index contributed by atoms with van der Waals surface area (Å²) in [6.45, 7) is 4.20. The molecule has 4 heteroatoms. The van der Waals surface area contributed by atoms with Gasteiger partial charge in [0.1, 0.15) is 23.0 Å². The van der Waals surface area contributed by atoms with Crippen LogP contribution in [0.5, 0.6) is 23.0 Å². The number of methoxy groups -OCH3 is 2. The van der Waals surface area contributed by atoms with Crippen molar-refractivity contribution >= 4 is 21.9 Å². The lowest BCUT2D eigenvalue weighted by Crippen LogP contribution is -2.08. The average molecular weight is 449 g/mol. The molecule has 4 aromatic carbocycles. The molecule has 0 saturated heterocycles. The second kappa shape index (κ2) is 7.70. The van der Waals surface area contributed by atoms with E-state index in [-0.39, 0.29) is 0 Å². The van der Waals surface area contributed by atoms with Crippen molar-refractivity contribution in [1.29, 1.82) is 0 Å². The number of hydrogen-bond acceptors (Lipinski definition) is 4. The lowest BCUT2D eigenvalue weighted by atomic mass is 9.84. The molecule has 0 N–H and O–H groups in total. The van der Waals surface area contributed by atoms with Gasteiger partial charge in [-0.25, -0.2) is 0 Å². The van der Waals surface area contributed by atoms with Gasteiger partial charge in [0.15, 0.2) is 0 Å². The molecule has 0 aromatic heterocycles. The van der Waals surface area contributed by atoms with Crippen molar-refractivity contribution in [3.05, 3.63) is 107 Å². The maximum atomic E-state index is 6.25. The second-order valence-electron chi connectivity index (χ2n) is 8.65. The quantitative estimate of drug-likeness (QED) is 0.336. The molecule has 34 heavy (non-hydrogen) atoms. The predicted octanol–water partition coefficient (Wildman–Crippen LogP) is 7.04. The van der Waals surface area contributed by atoms with E-state index in [4.69, 9.17) is 18.9 Å². The number of ether oxygens (including phenoxy) is 4. The van der Waals surface area contributed by atoms with E-state index in [1.807, 2.05) is 36.8 Å². The first-order chi connectivity index (χ1) is 16.6. The van der Waals surface area contributed by atoms with Crippen molar-refractivity contribution in [2.24, 2.45) is 0 Å². The van der Waals surface area contributed by atoms with Crippen LogP contribution < -0.4 is 18.9 Å². The Kier molecular flexibility index (Phi) is 4.63. The van der Waals surface area contributed by atoms with Crippen LogP contribution in [0.15, 0.2) is 73.2 Å². The summed E-state index contributed by atoms with van der Waals surface area (Å²) in [5.74, 6) is 3.42. The molecule has 0 unspecified atom stereocenters. The van der Waals surface area contributed by atoms with Gasteiger partial charge >= 0.3 is 0 Å². The number of aryl methyl sites for hydroxylation is 2. The van der Waals surface area contributed by atoms with Gasteiger partial charge in [-0.15, -0.1) is 0 Å². The molecular weight excluding hydrogens is 424 g/mol. The minimum atomic E-state index is 0.827. The van der Waals surface area contributed by atoms with Crippen molar-refractivity contribution in [3.8, 4) is 23.0 Å². The molecule has 4 nitrogen and oxygen atoms in total. The van der Waals surface area contributed by atoms with Gasteiger partial charge in [0, 0.05) is 21.9 Å². The summed E-state index contributed by atoms with van der Waals surface area (Å²) in [6, 6.07) is 20.6. The van der Waals surface area contributed by atoms with Crippen LogP contribution in [0.4, 0.5) is 0 Å². The van der Waals surface area contributed by atoms with Gasteiger partial charge in [-0.1, -0.05) is 24.3 Å². The summed E-state index contributed by atoms with van der Waals surface area (Å²) in [4.78, 5) is 0. The summed E-state index contributed by atoms with van der Waals surface area (Å²) >= 11 is 0. The highest BCUT2D eigenvalue weighted by molar-refractivity contribution is 6.12. The van der Waals surface area contributed by atoms with Gasteiger partial charge in [0.25, 0.3) is 0 Å². The summed E-state index contributed by atoms with van der Waals surface area (Å²) < 4.78 is 23.2. The fourth-order valence-corrected chi connectivity index (χ4v) is 4.92. The van der Waals surface area contributed by atoms with E-state index in [1.54, 1.807) is 14.2 Å². The third-order valence-electron chi connectivity index (χ3n) is 6.65. The number of benzene rings is 4. The van der Waals surface area contributed by atoms with Crippen LogP contribution in [0, 0.1) is 13.8 Å². The topological polar surface area (TPSA) is 36.9 Å². The van der Waals surface area contributed by atoms with E-state index < -0.39 is 0 Å². The number of rotatable bonds is 4. The van der Waals surface area contributed by atoms with Gasteiger partial charge < -0.3 is 18.9 Å². The summed E-state index contributed by atoms with van der Waals surface area (Å²) in [5.41, 5.74) is 8.71. The van der Waals surface area contributed by atoms with Crippen molar-refractivity contribution < 1.29 is 18.9 Å². The fourth-order valence-electron chi connectivity index (χ4n) is 4.92. The molecule has 6 rings (SSSR count). The molecule has 0 aliphatic carbocycles. The van der Waals surface area contributed by atoms with E-state index in [9.17, 15) is 0 Å². The van der Waals surface area contributed by atoms with Gasteiger partial charge in [-0.3, -0.25) is 0 Å². The lowest BCUT2D eigenvalue weighted by molar-refractivity contribution is 0.414. The maximum Gasteiger partial charge on any atom is 0.138 e. The van der Waals surface area contributed by atoms with Gasteiger partial charge in [-0.2, -0.15) is 0 Å². The van der Waals surface area contributed by atoms with Crippen LogP contribution >= 0.6 is 0 Å². The summed E-state index contributed by atoms with van der Waals surface area (Å²) in [5, 5.41) is 2.17. The van der Waals surface area contributed by atoms with Crippen LogP contribution in [0.25, 0.3) is 21.9 Å². The Labute approximate surface area is 198 Å². The van der Waals surface area contributed by atoms with Crippen LogP contribution in [0.3, 0.4) is 0 Å². The van der Waals surface area contributed by atoms with E-state index in [1.165, 1.54) is 0 Å². The monoisotopic (exact) mass is 448 g/mol. The molecule has 2 aliphatic heterocycles. The van der Waals surface area contributed by atoms with E-state index in [0.29, 0.717) is 0 Å². The zero-order valence-electron chi connectivity index (χ0n) is 19.6. The average Bonchev–Trinajstić information content (AvgIpc) is 2.88. The van der Waals surface area contributed by atoms with Crippen molar-refractivity contribution in [2.75, 3.05) is 14.2 Å². The standard InChI is InChI=1S/C30H24O4/c1-17-13-23-25(19-5-9-21(31-3)10-6-19)16-34-30-18(2)14-24-26(15-33-29(17)27(24)28(23)30)20-7-11-22(32-4)12-8-20/h5-16H,1-4H3. The third-order valence-corrected chi connectivity index (χ3v) is 6.65. The number of hydrogen-bond donors (Lipinski definition) is 0. The highest BCUT2D eigenvalue weighted by Gasteiger charge is 2.28. The molecular formula is C30H24O4. The minimum Gasteiger partial charge on any atom is -0.497 e. The van der Waals surface area contributed by atoms with Crippen molar-refractivity contribution in [2.45, 2.75) is 13.8 Å². The van der Waals surface area contributed by atoms with Crippen LogP contribution in [-0.4, -0.2) is 14.2 Å². The third kappa shape index (κ3) is 2.99. The van der Waals surface area contributed by atoms with E-state index in [2.05, 4.69) is 50.2 Å². The summed E-state index contributed by atoms with van der Waals surface area (Å²) in [7, 11) is 3.35. The largest absolute Gasteiger partial charge is 0.497 e. The zero-order valence-corrected chi connectivity index (χ0v) is 19.6. The molecule has 0 atom stereocenters. The lowest BCUT2D eigenvalue weighted by Gasteiger charge is -2.28. The normalized spacial score (nSPS) is 13.5. The summed E-state index contributed by atoms with van der Waals surface area (Å²) in [6.07, 6.45) is 3.72. The molecule has 168 valence electrons. The first-order valence-electron chi connectivity index (χ1n) is 11.2. The van der Waals surface area contributed by atoms with Crippen molar-refractivity contribution in [3.63, 3.8) is 0 Å². The van der Waals surface area contributed by atoms with Crippen LogP contribution in [0.2, 0.25) is 0 Å². The highest BCUT2D eigenvalue weighted by atomic mass is 16.5. The smallest absolute Gasteiger partial charge is 0.138 e. The molecule has 0 saturated carbocycles. The molecule has 0 spiro atoms.